The van der Waals surface area contributed by atoms with Gasteiger partial charge in [-0.2, -0.15) is 11.8 Å². The first-order valence-corrected chi connectivity index (χ1v) is 6.25. The van der Waals surface area contributed by atoms with Crippen LogP contribution in [0.3, 0.4) is 0 Å². The van der Waals surface area contributed by atoms with Gasteiger partial charge in [-0.1, -0.05) is 25.8 Å². The van der Waals surface area contributed by atoms with E-state index >= 15 is 0 Å². The monoisotopic (exact) mass is 202 g/mol. The minimum absolute atomic E-state index is 0.346. The average Bonchev–Trinajstić information content (AvgIpc) is 2.17. The van der Waals surface area contributed by atoms with Crippen molar-refractivity contribution in [3.05, 3.63) is 12.7 Å². The minimum Gasteiger partial charge on any atom is -0.380 e. The third-order valence-electron chi connectivity index (χ3n) is 2.26. The van der Waals surface area contributed by atoms with Crippen LogP contribution in [-0.4, -0.2) is 24.7 Å². The van der Waals surface area contributed by atoms with Crippen LogP contribution in [0.15, 0.2) is 12.7 Å². The van der Waals surface area contributed by atoms with Crippen molar-refractivity contribution >= 4 is 11.8 Å². The highest BCUT2D eigenvalue weighted by atomic mass is 32.2. The molecule has 2 heteroatoms. The fraction of sp³-hybridized carbons (Fsp3) is 0.818. The molecule has 0 aliphatic carbocycles. The second-order valence-electron chi connectivity index (χ2n) is 3.21. The number of methoxy groups -OCH3 is 1. The van der Waals surface area contributed by atoms with E-state index in [1.54, 1.807) is 7.11 Å². The molecule has 0 aromatic heterocycles. The summed E-state index contributed by atoms with van der Waals surface area (Å²) < 4.78 is 5.45. The van der Waals surface area contributed by atoms with E-state index in [0.29, 0.717) is 11.4 Å². The average molecular weight is 202 g/mol. The molecule has 0 aromatic carbocycles. The second-order valence-corrected chi connectivity index (χ2v) is 4.29. The summed E-state index contributed by atoms with van der Waals surface area (Å²) in [7, 11) is 1.79. The van der Waals surface area contributed by atoms with Gasteiger partial charge in [-0.25, -0.2) is 0 Å². The van der Waals surface area contributed by atoms with E-state index in [9.17, 15) is 0 Å². The molecule has 0 amide bonds. The van der Waals surface area contributed by atoms with Crippen molar-refractivity contribution in [1.82, 2.24) is 0 Å². The standard InChI is InChI=1S/C11H22OS/c1-5-7-9-11(13-4)10(12-3)8-6-2/h6,10-11H,2,5,7-9H2,1,3-4H3/t10-,11+/m0/s1. The van der Waals surface area contributed by atoms with Crippen LogP contribution in [0.1, 0.15) is 32.6 Å². The Morgan fingerprint density at radius 2 is 2.23 bits per heavy atom. The Kier molecular flexibility index (Phi) is 8.67. The zero-order valence-corrected chi connectivity index (χ0v) is 9.90. The van der Waals surface area contributed by atoms with E-state index in [0.717, 1.165) is 6.42 Å². The normalized spacial score (nSPS) is 15.3. The number of hydrogen-bond donors (Lipinski definition) is 0. The zero-order chi connectivity index (χ0) is 10.1. The largest absolute Gasteiger partial charge is 0.380 e. The Labute approximate surface area is 86.9 Å². The van der Waals surface area contributed by atoms with Crippen molar-refractivity contribution in [2.45, 2.75) is 44.0 Å². The minimum atomic E-state index is 0.346. The summed E-state index contributed by atoms with van der Waals surface area (Å²) in [5, 5.41) is 0.628. The SMILES string of the molecule is C=CC[C@H](OC)[C@@H](CCCC)SC. The van der Waals surface area contributed by atoms with E-state index in [1.165, 1.54) is 19.3 Å². The van der Waals surface area contributed by atoms with Gasteiger partial charge in [0.05, 0.1) is 6.10 Å². The lowest BCUT2D eigenvalue weighted by molar-refractivity contribution is 0.101. The molecule has 0 aliphatic rings. The topological polar surface area (TPSA) is 9.23 Å². The van der Waals surface area contributed by atoms with E-state index < -0.39 is 0 Å². The number of rotatable bonds is 8. The first-order chi connectivity index (χ1) is 6.29. The van der Waals surface area contributed by atoms with Gasteiger partial charge in [0.15, 0.2) is 0 Å². The molecule has 0 heterocycles. The summed E-state index contributed by atoms with van der Waals surface area (Å²) in [5.41, 5.74) is 0. The maximum absolute atomic E-state index is 5.45. The van der Waals surface area contributed by atoms with Crippen LogP contribution in [0, 0.1) is 0 Å². The number of ether oxygens (including phenoxy) is 1. The van der Waals surface area contributed by atoms with Gasteiger partial charge < -0.3 is 4.74 Å². The Balaban J connectivity index is 3.91. The number of thioether (sulfide) groups is 1. The molecule has 0 aliphatic heterocycles. The van der Waals surface area contributed by atoms with Gasteiger partial charge >= 0.3 is 0 Å². The quantitative estimate of drug-likeness (QED) is 0.557. The van der Waals surface area contributed by atoms with Crippen molar-refractivity contribution < 1.29 is 4.74 Å². The summed E-state index contributed by atoms with van der Waals surface area (Å²) in [6.07, 6.45) is 9.23. The highest BCUT2D eigenvalue weighted by Gasteiger charge is 2.17. The van der Waals surface area contributed by atoms with Gasteiger partial charge in [-0.15, -0.1) is 6.58 Å². The fourth-order valence-electron chi connectivity index (χ4n) is 1.42. The summed E-state index contributed by atoms with van der Waals surface area (Å²) in [5.74, 6) is 0. The zero-order valence-electron chi connectivity index (χ0n) is 9.08. The molecule has 0 bridgehead atoms. The van der Waals surface area contributed by atoms with Gasteiger partial charge in [0, 0.05) is 12.4 Å². The molecular weight excluding hydrogens is 180 g/mol. The molecule has 78 valence electrons. The summed E-state index contributed by atoms with van der Waals surface area (Å²) >= 11 is 1.91. The first kappa shape index (κ1) is 13.1. The summed E-state index contributed by atoms with van der Waals surface area (Å²) in [4.78, 5) is 0. The smallest absolute Gasteiger partial charge is 0.0723 e. The molecule has 0 aromatic rings. The van der Waals surface area contributed by atoms with Gasteiger partial charge in [0.25, 0.3) is 0 Å². The first-order valence-electron chi connectivity index (χ1n) is 4.96. The number of hydrogen-bond acceptors (Lipinski definition) is 2. The second kappa shape index (κ2) is 8.64. The van der Waals surface area contributed by atoms with Crippen LogP contribution < -0.4 is 0 Å². The maximum Gasteiger partial charge on any atom is 0.0723 e. The lowest BCUT2D eigenvalue weighted by Gasteiger charge is -2.23. The third kappa shape index (κ3) is 5.37. The van der Waals surface area contributed by atoms with Crippen LogP contribution in [0.5, 0.6) is 0 Å². The summed E-state index contributed by atoms with van der Waals surface area (Å²) in [6, 6.07) is 0. The van der Waals surface area contributed by atoms with Crippen molar-refractivity contribution in [3.8, 4) is 0 Å². The van der Waals surface area contributed by atoms with Crippen LogP contribution in [0.25, 0.3) is 0 Å². The summed E-state index contributed by atoms with van der Waals surface area (Å²) in [6.45, 7) is 5.99. The molecule has 0 N–H and O–H groups in total. The van der Waals surface area contributed by atoms with E-state index in [4.69, 9.17) is 4.74 Å². The Bertz CT molecular complexity index is 125. The van der Waals surface area contributed by atoms with Crippen LogP contribution in [0.2, 0.25) is 0 Å². The van der Waals surface area contributed by atoms with Crippen LogP contribution >= 0.6 is 11.8 Å². The molecule has 0 saturated carbocycles. The van der Waals surface area contributed by atoms with Gasteiger partial charge in [-0.05, 0) is 19.1 Å². The van der Waals surface area contributed by atoms with Crippen LogP contribution in [0.4, 0.5) is 0 Å². The highest BCUT2D eigenvalue weighted by molar-refractivity contribution is 7.99. The lowest BCUT2D eigenvalue weighted by atomic mass is 10.1. The van der Waals surface area contributed by atoms with Gasteiger partial charge in [0.2, 0.25) is 0 Å². The molecule has 0 radical (unpaired) electrons. The van der Waals surface area contributed by atoms with E-state index in [1.807, 2.05) is 17.8 Å². The third-order valence-corrected chi connectivity index (χ3v) is 3.41. The molecule has 0 unspecified atom stereocenters. The van der Waals surface area contributed by atoms with Gasteiger partial charge in [0.1, 0.15) is 0 Å². The molecule has 13 heavy (non-hydrogen) atoms. The Morgan fingerprint density at radius 3 is 2.62 bits per heavy atom. The fourth-order valence-corrected chi connectivity index (χ4v) is 2.35. The predicted octanol–water partition coefficient (Wildman–Crippen LogP) is 3.50. The number of unbranched alkanes of at least 4 members (excludes halogenated alkanes) is 1. The lowest BCUT2D eigenvalue weighted by Crippen LogP contribution is -2.24. The Hall–Kier alpha value is 0.0500. The Morgan fingerprint density at radius 1 is 1.54 bits per heavy atom. The highest BCUT2D eigenvalue weighted by Crippen LogP contribution is 2.22. The van der Waals surface area contributed by atoms with E-state index in [2.05, 4.69) is 19.8 Å². The molecular formula is C11H22OS. The molecule has 0 fully saturated rings. The molecule has 0 spiro atoms. The molecule has 1 nitrogen and oxygen atoms in total. The predicted molar refractivity (Wildman–Crippen MR) is 62.4 cm³/mol. The maximum atomic E-state index is 5.45. The van der Waals surface area contributed by atoms with Crippen LogP contribution in [-0.2, 0) is 4.74 Å². The van der Waals surface area contributed by atoms with E-state index in [-0.39, 0.29) is 0 Å². The van der Waals surface area contributed by atoms with Crippen molar-refractivity contribution in [2.24, 2.45) is 0 Å². The molecule has 0 rings (SSSR count). The molecule has 0 saturated heterocycles. The molecule has 2 atom stereocenters. The van der Waals surface area contributed by atoms with Gasteiger partial charge in [-0.3, -0.25) is 0 Å². The van der Waals surface area contributed by atoms with Crippen molar-refractivity contribution in [2.75, 3.05) is 13.4 Å². The van der Waals surface area contributed by atoms with Crippen molar-refractivity contribution in [3.63, 3.8) is 0 Å². The van der Waals surface area contributed by atoms with Crippen molar-refractivity contribution in [1.29, 1.82) is 0 Å².